The zero-order chi connectivity index (χ0) is 13.5. The van der Waals surface area contributed by atoms with Crippen LogP contribution in [0.3, 0.4) is 0 Å². The Morgan fingerprint density at radius 3 is 2.95 bits per heavy atom. The molecule has 106 valence electrons. The van der Waals surface area contributed by atoms with Gasteiger partial charge in [-0.15, -0.1) is 0 Å². The van der Waals surface area contributed by atoms with E-state index in [-0.39, 0.29) is 0 Å². The fraction of sp³-hybridized carbons (Fsp3) is 0.562. The van der Waals surface area contributed by atoms with Crippen molar-refractivity contribution >= 4 is 27.0 Å². The molecular formula is C16H20BrN3. The summed E-state index contributed by atoms with van der Waals surface area (Å²) in [6.45, 7) is 3.65. The molecule has 0 N–H and O–H groups in total. The van der Waals surface area contributed by atoms with Crippen LogP contribution in [-0.2, 0) is 13.0 Å². The van der Waals surface area contributed by atoms with Crippen LogP contribution in [-0.4, -0.2) is 33.6 Å². The van der Waals surface area contributed by atoms with Gasteiger partial charge in [-0.2, -0.15) is 0 Å². The van der Waals surface area contributed by atoms with Crippen molar-refractivity contribution in [1.29, 1.82) is 0 Å². The molecule has 4 rings (SSSR count). The average Bonchev–Trinajstić information content (AvgIpc) is 2.74. The molecule has 1 unspecified atom stereocenters. The van der Waals surface area contributed by atoms with E-state index in [2.05, 4.69) is 43.6 Å². The SMILES string of the molecule is Brc1ccc2c(c1)nc1n2CCCN2CCCCC2C1. The predicted molar refractivity (Wildman–Crippen MR) is 85.0 cm³/mol. The van der Waals surface area contributed by atoms with Gasteiger partial charge in [0.05, 0.1) is 11.0 Å². The highest BCUT2D eigenvalue weighted by atomic mass is 79.9. The Kier molecular flexibility index (Phi) is 3.31. The van der Waals surface area contributed by atoms with Crippen LogP contribution >= 0.6 is 15.9 Å². The van der Waals surface area contributed by atoms with Gasteiger partial charge in [0, 0.05) is 30.0 Å². The summed E-state index contributed by atoms with van der Waals surface area (Å²) in [5, 5.41) is 0. The van der Waals surface area contributed by atoms with Crippen LogP contribution in [0.15, 0.2) is 22.7 Å². The van der Waals surface area contributed by atoms with Crippen molar-refractivity contribution in [2.45, 2.75) is 44.7 Å². The van der Waals surface area contributed by atoms with Crippen molar-refractivity contribution in [1.82, 2.24) is 14.5 Å². The molecule has 20 heavy (non-hydrogen) atoms. The second kappa shape index (κ2) is 5.15. The standard InChI is InChI=1S/C16H20BrN3/c17-12-5-6-15-14(10-12)18-16-11-13-4-1-2-7-19(13)8-3-9-20(15)16/h5-6,10,13H,1-4,7-9,11H2. The number of benzene rings is 1. The Morgan fingerprint density at radius 1 is 1.10 bits per heavy atom. The predicted octanol–water partition coefficient (Wildman–Crippen LogP) is 3.60. The lowest BCUT2D eigenvalue weighted by Crippen LogP contribution is -2.43. The Bertz CT molecular complexity index is 634. The van der Waals surface area contributed by atoms with Crippen LogP contribution in [0.1, 0.15) is 31.5 Å². The van der Waals surface area contributed by atoms with E-state index in [1.165, 1.54) is 50.1 Å². The normalized spacial score (nSPS) is 23.9. The molecule has 1 fully saturated rings. The Hall–Kier alpha value is -0.870. The lowest BCUT2D eigenvalue weighted by atomic mass is 9.98. The van der Waals surface area contributed by atoms with Crippen LogP contribution in [0.4, 0.5) is 0 Å². The third kappa shape index (κ3) is 2.19. The molecule has 2 aliphatic heterocycles. The minimum absolute atomic E-state index is 0.711. The first-order valence-corrected chi connectivity index (χ1v) is 8.49. The zero-order valence-electron chi connectivity index (χ0n) is 11.7. The Balaban J connectivity index is 1.76. The van der Waals surface area contributed by atoms with Crippen molar-refractivity contribution < 1.29 is 0 Å². The van der Waals surface area contributed by atoms with Gasteiger partial charge in [-0.25, -0.2) is 4.98 Å². The van der Waals surface area contributed by atoms with Crippen molar-refractivity contribution in [3.63, 3.8) is 0 Å². The molecule has 1 aromatic carbocycles. The number of imidazole rings is 1. The number of fused-ring (bicyclic) bond motifs is 4. The Morgan fingerprint density at radius 2 is 2.00 bits per heavy atom. The number of halogens is 1. The second-order valence-corrected chi connectivity index (χ2v) is 6.97. The molecule has 2 aromatic rings. The summed E-state index contributed by atoms with van der Waals surface area (Å²) in [7, 11) is 0. The van der Waals surface area contributed by atoms with Gasteiger partial charge in [0.25, 0.3) is 0 Å². The third-order valence-corrected chi connectivity index (χ3v) is 5.28. The molecule has 1 atom stereocenters. The summed E-state index contributed by atoms with van der Waals surface area (Å²) in [4.78, 5) is 7.61. The maximum atomic E-state index is 4.91. The van der Waals surface area contributed by atoms with Gasteiger partial charge in [-0.1, -0.05) is 22.4 Å². The highest BCUT2D eigenvalue weighted by Gasteiger charge is 2.26. The minimum atomic E-state index is 0.711. The summed E-state index contributed by atoms with van der Waals surface area (Å²) >= 11 is 3.55. The van der Waals surface area contributed by atoms with Crippen LogP contribution in [0.25, 0.3) is 11.0 Å². The molecule has 0 spiro atoms. The largest absolute Gasteiger partial charge is 0.328 e. The van der Waals surface area contributed by atoms with Gasteiger partial charge in [-0.05, 0) is 44.0 Å². The molecule has 3 heterocycles. The summed E-state index contributed by atoms with van der Waals surface area (Å²) in [6, 6.07) is 7.19. The third-order valence-electron chi connectivity index (χ3n) is 4.78. The smallest absolute Gasteiger partial charge is 0.111 e. The number of hydrogen-bond acceptors (Lipinski definition) is 2. The average molecular weight is 334 g/mol. The number of aromatic nitrogens is 2. The molecule has 0 aliphatic carbocycles. The topological polar surface area (TPSA) is 21.1 Å². The van der Waals surface area contributed by atoms with Gasteiger partial charge in [0.2, 0.25) is 0 Å². The summed E-state index contributed by atoms with van der Waals surface area (Å²) in [6.07, 6.45) is 6.46. The fourth-order valence-electron chi connectivity index (χ4n) is 3.79. The summed E-state index contributed by atoms with van der Waals surface area (Å²) in [5.74, 6) is 1.29. The van der Waals surface area contributed by atoms with E-state index >= 15 is 0 Å². The Labute approximate surface area is 128 Å². The zero-order valence-corrected chi connectivity index (χ0v) is 13.3. The molecule has 1 saturated heterocycles. The van der Waals surface area contributed by atoms with Gasteiger partial charge < -0.3 is 4.57 Å². The number of aryl methyl sites for hydroxylation is 1. The molecule has 3 nitrogen and oxygen atoms in total. The molecule has 1 aromatic heterocycles. The molecule has 0 bridgehead atoms. The molecule has 2 aliphatic rings. The maximum absolute atomic E-state index is 4.91. The van der Waals surface area contributed by atoms with Crippen molar-refractivity contribution in [3.8, 4) is 0 Å². The molecule has 0 amide bonds. The van der Waals surface area contributed by atoms with Crippen molar-refractivity contribution in [3.05, 3.63) is 28.5 Å². The fourth-order valence-corrected chi connectivity index (χ4v) is 4.14. The van der Waals surface area contributed by atoms with Crippen LogP contribution in [0.2, 0.25) is 0 Å². The van der Waals surface area contributed by atoms with Crippen LogP contribution in [0, 0.1) is 0 Å². The molecule has 0 radical (unpaired) electrons. The van der Waals surface area contributed by atoms with Crippen LogP contribution < -0.4 is 0 Å². The lowest BCUT2D eigenvalue weighted by molar-refractivity contribution is 0.135. The van der Waals surface area contributed by atoms with E-state index in [9.17, 15) is 0 Å². The summed E-state index contributed by atoms with van der Waals surface area (Å²) in [5.41, 5.74) is 2.44. The van der Waals surface area contributed by atoms with Gasteiger partial charge in [-0.3, -0.25) is 4.90 Å². The van der Waals surface area contributed by atoms with E-state index in [0.717, 1.165) is 23.0 Å². The highest BCUT2D eigenvalue weighted by molar-refractivity contribution is 9.10. The number of hydrogen-bond donors (Lipinski definition) is 0. The van der Waals surface area contributed by atoms with Gasteiger partial charge >= 0.3 is 0 Å². The molecule has 0 saturated carbocycles. The van der Waals surface area contributed by atoms with E-state index < -0.39 is 0 Å². The van der Waals surface area contributed by atoms with Crippen molar-refractivity contribution in [2.75, 3.05) is 13.1 Å². The van der Waals surface area contributed by atoms with Crippen LogP contribution in [0.5, 0.6) is 0 Å². The number of rotatable bonds is 0. The van der Waals surface area contributed by atoms with E-state index in [0.29, 0.717) is 6.04 Å². The molecular weight excluding hydrogens is 314 g/mol. The number of piperidine rings is 1. The van der Waals surface area contributed by atoms with Gasteiger partial charge in [0.1, 0.15) is 5.82 Å². The molecule has 4 heteroatoms. The minimum Gasteiger partial charge on any atom is -0.328 e. The highest BCUT2D eigenvalue weighted by Crippen LogP contribution is 2.27. The first kappa shape index (κ1) is 12.8. The first-order chi connectivity index (χ1) is 9.81. The van der Waals surface area contributed by atoms with Crippen molar-refractivity contribution in [2.24, 2.45) is 0 Å². The first-order valence-electron chi connectivity index (χ1n) is 7.70. The summed E-state index contributed by atoms with van der Waals surface area (Å²) < 4.78 is 3.57. The number of nitrogens with zero attached hydrogens (tertiary/aromatic N) is 3. The lowest BCUT2D eigenvalue weighted by Gasteiger charge is -2.37. The second-order valence-electron chi connectivity index (χ2n) is 6.06. The maximum Gasteiger partial charge on any atom is 0.111 e. The monoisotopic (exact) mass is 333 g/mol. The van der Waals surface area contributed by atoms with E-state index in [4.69, 9.17) is 4.98 Å². The van der Waals surface area contributed by atoms with Gasteiger partial charge in [0.15, 0.2) is 0 Å². The van der Waals surface area contributed by atoms with E-state index in [1.807, 2.05) is 0 Å². The quantitative estimate of drug-likeness (QED) is 0.734. The van der Waals surface area contributed by atoms with E-state index in [1.54, 1.807) is 0 Å².